The topological polar surface area (TPSA) is 108 Å². The van der Waals surface area contributed by atoms with Crippen LogP contribution < -0.4 is 20.3 Å². The number of aromatic carboxylic acids is 1. The predicted molar refractivity (Wildman–Crippen MR) is 126 cm³/mol. The van der Waals surface area contributed by atoms with Crippen molar-refractivity contribution < 1.29 is 28.6 Å². The lowest BCUT2D eigenvalue weighted by Gasteiger charge is -2.31. The van der Waals surface area contributed by atoms with E-state index in [1.54, 1.807) is 0 Å². The number of carbonyl (C=O) groups is 3. The summed E-state index contributed by atoms with van der Waals surface area (Å²) in [6.45, 7) is 8.04. The molecule has 182 valence electrons. The first-order chi connectivity index (χ1) is 16.2. The van der Waals surface area contributed by atoms with Gasteiger partial charge in [-0.2, -0.15) is 0 Å². The van der Waals surface area contributed by atoms with Gasteiger partial charge in [0.1, 0.15) is 11.6 Å². The van der Waals surface area contributed by atoms with Gasteiger partial charge in [0.2, 0.25) is 0 Å². The van der Waals surface area contributed by atoms with E-state index >= 15 is 0 Å². The monoisotopic (exact) mass is 471 g/mol. The molecule has 0 aromatic heterocycles. The molecule has 2 unspecified atom stereocenters. The van der Waals surface area contributed by atoms with E-state index in [-0.39, 0.29) is 30.5 Å². The standard InChI is InChI=1S/C25H30FN3O5/c1-4-29(5-2)19-6-7-20-15(3)21(24(32)34-22(20)13-19)8-9-27-25(33)28-14-16-10-17(23(30)31)12-18(26)11-16/h6-7,10-13,15,21H,4-5,8-9,14H2,1-3H3,(H,30,31)(H2,27,28,33). The number of anilines is 1. The van der Waals surface area contributed by atoms with Crippen molar-refractivity contribution in [2.24, 2.45) is 5.92 Å². The van der Waals surface area contributed by atoms with Crippen LogP contribution in [-0.2, 0) is 11.3 Å². The molecular formula is C25H30FN3O5. The molecule has 0 bridgehead atoms. The summed E-state index contributed by atoms with van der Waals surface area (Å²) < 4.78 is 19.2. The van der Waals surface area contributed by atoms with E-state index < -0.39 is 23.7 Å². The van der Waals surface area contributed by atoms with Crippen LogP contribution in [-0.4, -0.2) is 42.7 Å². The second kappa shape index (κ2) is 11.0. The normalized spacial score (nSPS) is 16.9. The zero-order valence-corrected chi connectivity index (χ0v) is 19.6. The first-order valence-corrected chi connectivity index (χ1v) is 11.4. The fraction of sp³-hybridized carbons (Fsp3) is 0.400. The van der Waals surface area contributed by atoms with E-state index in [9.17, 15) is 18.8 Å². The summed E-state index contributed by atoms with van der Waals surface area (Å²) in [5.41, 5.74) is 2.11. The van der Waals surface area contributed by atoms with Gasteiger partial charge in [-0.05, 0) is 61.6 Å². The largest absolute Gasteiger partial charge is 0.478 e. The average Bonchev–Trinajstić information content (AvgIpc) is 2.80. The van der Waals surface area contributed by atoms with E-state index in [0.717, 1.165) is 36.5 Å². The number of hydrogen-bond acceptors (Lipinski definition) is 5. The fourth-order valence-electron chi connectivity index (χ4n) is 4.21. The summed E-state index contributed by atoms with van der Waals surface area (Å²) in [6, 6.07) is 8.82. The van der Waals surface area contributed by atoms with Gasteiger partial charge in [-0.1, -0.05) is 13.0 Å². The summed E-state index contributed by atoms with van der Waals surface area (Å²) in [6.07, 6.45) is 0.397. The lowest BCUT2D eigenvalue weighted by atomic mass is 9.83. The fourth-order valence-corrected chi connectivity index (χ4v) is 4.21. The zero-order chi connectivity index (χ0) is 24.8. The molecule has 3 N–H and O–H groups in total. The summed E-state index contributed by atoms with van der Waals surface area (Å²) in [7, 11) is 0. The number of amides is 2. The van der Waals surface area contributed by atoms with Crippen LogP contribution in [0.1, 0.15) is 54.6 Å². The van der Waals surface area contributed by atoms with Gasteiger partial charge in [0.15, 0.2) is 0 Å². The van der Waals surface area contributed by atoms with Crippen LogP contribution in [0.15, 0.2) is 36.4 Å². The average molecular weight is 472 g/mol. The van der Waals surface area contributed by atoms with Gasteiger partial charge in [0.05, 0.1) is 11.5 Å². The maximum atomic E-state index is 13.6. The number of carboxylic acid groups (broad SMARTS) is 1. The first-order valence-electron chi connectivity index (χ1n) is 11.4. The molecule has 0 fully saturated rings. The molecule has 34 heavy (non-hydrogen) atoms. The van der Waals surface area contributed by atoms with Crippen LogP contribution in [0.3, 0.4) is 0 Å². The Labute approximate surface area is 198 Å². The number of rotatable bonds is 9. The summed E-state index contributed by atoms with van der Waals surface area (Å²) in [5, 5.41) is 14.3. The predicted octanol–water partition coefficient (Wildman–Crippen LogP) is 3.90. The molecule has 8 nitrogen and oxygen atoms in total. The lowest BCUT2D eigenvalue weighted by Crippen LogP contribution is -2.38. The first kappa shape index (κ1) is 25.0. The molecule has 2 atom stereocenters. The second-order valence-electron chi connectivity index (χ2n) is 8.26. The van der Waals surface area contributed by atoms with Crippen molar-refractivity contribution in [2.45, 2.75) is 39.7 Å². The molecule has 0 spiro atoms. The molecule has 0 saturated heterocycles. The van der Waals surface area contributed by atoms with Crippen molar-refractivity contribution in [1.29, 1.82) is 0 Å². The maximum absolute atomic E-state index is 13.6. The number of halogens is 1. The molecule has 0 radical (unpaired) electrons. The zero-order valence-electron chi connectivity index (χ0n) is 19.6. The number of nitrogens with zero attached hydrogens (tertiary/aromatic N) is 1. The Bertz CT molecular complexity index is 1070. The van der Waals surface area contributed by atoms with Crippen molar-refractivity contribution in [3.05, 3.63) is 58.9 Å². The molecule has 0 saturated carbocycles. The highest BCUT2D eigenvalue weighted by Gasteiger charge is 2.35. The summed E-state index contributed by atoms with van der Waals surface area (Å²) in [5.74, 6) is -2.13. The highest BCUT2D eigenvalue weighted by atomic mass is 19.1. The molecule has 2 amide bonds. The maximum Gasteiger partial charge on any atom is 0.335 e. The Hall–Kier alpha value is -3.62. The van der Waals surface area contributed by atoms with Crippen LogP contribution in [0.4, 0.5) is 14.9 Å². The van der Waals surface area contributed by atoms with Crippen LogP contribution in [0, 0.1) is 11.7 Å². The van der Waals surface area contributed by atoms with Crippen LogP contribution >= 0.6 is 0 Å². The Morgan fingerprint density at radius 2 is 1.85 bits per heavy atom. The highest BCUT2D eigenvalue weighted by molar-refractivity contribution is 5.87. The van der Waals surface area contributed by atoms with Crippen molar-refractivity contribution in [2.75, 3.05) is 24.5 Å². The molecule has 2 aromatic rings. The van der Waals surface area contributed by atoms with Crippen molar-refractivity contribution >= 4 is 23.7 Å². The van der Waals surface area contributed by atoms with E-state index in [1.165, 1.54) is 6.07 Å². The van der Waals surface area contributed by atoms with Gasteiger partial charge in [0, 0.05) is 37.9 Å². The molecular weight excluding hydrogens is 441 g/mol. The SMILES string of the molecule is CCN(CC)c1ccc2c(c1)OC(=O)C(CCNC(=O)NCc1cc(F)cc(C(=O)O)c1)C2C. The van der Waals surface area contributed by atoms with Gasteiger partial charge in [-0.25, -0.2) is 14.0 Å². The smallest absolute Gasteiger partial charge is 0.335 e. The third-order valence-electron chi connectivity index (χ3n) is 6.13. The quantitative estimate of drug-likeness (QED) is 0.378. The molecule has 0 aliphatic carbocycles. The van der Waals surface area contributed by atoms with Gasteiger partial charge in [-0.15, -0.1) is 0 Å². The molecule has 1 aliphatic rings. The van der Waals surface area contributed by atoms with Crippen molar-refractivity contribution in [3.8, 4) is 5.75 Å². The van der Waals surface area contributed by atoms with Gasteiger partial charge in [-0.3, -0.25) is 4.79 Å². The molecule has 1 heterocycles. The second-order valence-corrected chi connectivity index (χ2v) is 8.26. The number of ether oxygens (including phenoxy) is 1. The van der Waals surface area contributed by atoms with E-state index in [4.69, 9.17) is 9.84 Å². The van der Waals surface area contributed by atoms with Crippen LogP contribution in [0.25, 0.3) is 0 Å². The van der Waals surface area contributed by atoms with Crippen LogP contribution in [0.5, 0.6) is 5.75 Å². The van der Waals surface area contributed by atoms with Crippen LogP contribution in [0.2, 0.25) is 0 Å². The number of hydrogen-bond donors (Lipinski definition) is 3. The molecule has 9 heteroatoms. The molecule has 1 aliphatic heterocycles. The minimum absolute atomic E-state index is 0.0337. The van der Waals surface area contributed by atoms with E-state index in [1.807, 2.05) is 25.1 Å². The Balaban J connectivity index is 1.53. The number of carboxylic acids is 1. The van der Waals surface area contributed by atoms with E-state index in [2.05, 4.69) is 29.4 Å². The minimum Gasteiger partial charge on any atom is -0.478 e. The highest BCUT2D eigenvalue weighted by Crippen LogP contribution is 2.40. The number of carbonyl (C=O) groups excluding carboxylic acids is 2. The Morgan fingerprint density at radius 1 is 1.12 bits per heavy atom. The lowest BCUT2D eigenvalue weighted by molar-refractivity contribution is -0.141. The number of benzene rings is 2. The number of nitrogens with one attached hydrogen (secondary N) is 2. The number of fused-ring (bicyclic) bond motifs is 1. The van der Waals surface area contributed by atoms with Gasteiger partial charge >= 0.3 is 18.0 Å². The van der Waals surface area contributed by atoms with Gasteiger partial charge in [0.25, 0.3) is 0 Å². The number of urea groups is 1. The Kier molecular flexibility index (Phi) is 8.09. The summed E-state index contributed by atoms with van der Waals surface area (Å²) in [4.78, 5) is 38.0. The van der Waals surface area contributed by atoms with Crippen molar-refractivity contribution in [1.82, 2.24) is 10.6 Å². The van der Waals surface area contributed by atoms with Crippen molar-refractivity contribution in [3.63, 3.8) is 0 Å². The molecule has 2 aromatic carbocycles. The summed E-state index contributed by atoms with van der Waals surface area (Å²) >= 11 is 0. The third kappa shape index (κ3) is 5.84. The minimum atomic E-state index is -1.25. The third-order valence-corrected chi connectivity index (χ3v) is 6.13. The number of esters is 1. The van der Waals surface area contributed by atoms with Gasteiger partial charge < -0.3 is 25.4 Å². The Morgan fingerprint density at radius 3 is 2.53 bits per heavy atom. The molecule has 3 rings (SSSR count). The van der Waals surface area contributed by atoms with E-state index in [0.29, 0.717) is 17.7 Å².